The summed E-state index contributed by atoms with van der Waals surface area (Å²) in [7, 11) is 4.59. The van der Waals surface area contributed by atoms with E-state index in [0.717, 1.165) is 6.08 Å². The van der Waals surface area contributed by atoms with E-state index < -0.39 is 42.4 Å². The maximum atomic E-state index is 13.4. The summed E-state index contributed by atoms with van der Waals surface area (Å²) in [6, 6.07) is 0. The molecule has 2 aliphatic rings. The molecule has 2 bridgehead atoms. The summed E-state index contributed by atoms with van der Waals surface area (Å²) >= 11 is 0. The van der Waals surface area contributed by atoms with Gasteiger partial charge in [0.05, 0.1) is 24.1 Å². The van der Waals surface area contributed by atoms with Crippen LogP contribution in [0.25, 0.3) is 0 Å². The molecule has 2 rings (SSSR count). The van der Waals surface area contributed by atoms with Gasteiger partial charge < -0.3 is 35.7 Å². The lowest BCUT2D eigenvalue weighted by Crippen LogP contribution is -2.36. The number of carbonyl (C=O) groups excluding carboxylic acids is 4. The summed E-state index contributed by atoms with van der Waals surface area (Å²) in [6.45, 7) is 5.04. The first-order valence-corrected chi connectivity index (χ1v) is 13.2. The molecule has 0 spiro atoms. The van der Waals surface area contributed by atoms with Crippen LogP contribution in [0.15, 0.2) is 58.5 Å². The molecule has 0 radical (unpaired) electrons. The number of methoxy groups -OCH3 is 2. The number of carbonyl (C=O) groups is 4. The highest BCUT2D eigenvalue weighted by Gasteiger charge is 2.31. The quantitative estimate of drug-likeness (QED) is 0.291. The fraction of sp³-hybridized carbons (Fsp3) is 0.517. The standard InChI is InChI=1S/C29H41N3O8/c1-16-10-19(15-33)27(40-29(30)37)24(39-6)9-7-8-18(3)28(36)32-22-14-23(34)25(31-4)21(26(22)35)13-17(2)12-20(11-16)38-5/h7-10,14,16-17,20,24,27,31,33H,11-13,15H2,1-6H3,(H2,30,37)(H,32,36)/b9-7-,18-8+,19-10+/t16-,17-,20+,24-,27-/m0/s1. The van der Waals surface area contributed by atoms with Crippen LogP contribution in [0.5, 0.6) is 0 Å². The third-order valence-electron chi connectivity index (χ3n) is 6.89. The molecule has 1 aliphatic heterocycles. The van der Waals surface area contributed by atoms with Gasteiger partial charge in [-0.25, -0.2) is 4.79 Å². The second-order valence-corrected chi connectivity index (χ2v) is 10.1. The monoisotopic (exact) mass is 559 g/mol. The first kappa shape index (κ1) is 32.7. The maximum Gasteiger partial charge on any atom is 0.405 e. The molecule has 0 aromatic heterocycles. The van der Waals surface area contributed by atoms with E-state index in [4.69, 9.17) is 19.9 Å². The molecule has 5 N–H and O–H groups in total. The van der Waals surface area contributed by atoms with Crippen LogP contribution in [-0.2, 0) is 28.6 Å². The van der Waals surface area contributed by atoms with Crippen molar-refractivity contribution in [3.63, 3.8) is 0 Å². The number of amides is 2. The number of fused-ring (bicyclic) bond motifs is 2. The zero-order valence-electron chi connectivity index (χ0n) is 24.0. The molecule has 2 amide bonds. The summed E-state index contributed by atoms with van der Waals surface area (Å²) in [5.74, 6) is -1.55. The fourth-order valence-corrected chi connectivity index (χ4v) is 4.90. The zero-order valence-corrected chi connectivity index (χ0v) is 24.0. The summed E-state index contributed by atoms with van der Waals surface area (Å²) in [6.07, 6.45) is 5.83. The fourth-order valence-electron chi connectivity index (χ4n) is 4.90. The number of ether oxygens (including phenoxy) is 3. The molecule has 0 aromatic rings. The molecule has 11 nitrogen and oxygen atoms in total. The number of likely N-dealkylation sites (N-methyl/N-ethyl adjacent to an activating group) is 1. The van der Waals surface area contributed by atoms with E-state index in [2.05, 4.69) is 10.6 Å². The smallest absolute Gasteiger partial charge is 0.405 e. The molecular formula is C29H41N3O8. The molecule has 40 heavy (non-hydrogen) atoms. The first-order chi connectivity index (χ1) is 18.9. The number of Topliss-reactive ketones (excluding diaryl/α,β-unsaturated/α-hetero) is 1. The van der Waals surface area contributed by atoms with Crippen LogP contribution < -0.4 is 16.4 Å². The van der Waals surface area contributed by atoms with Crippen LogP contribution in [0.1, 0.15) is 40.0 Å². The lowest BCUT2D eigenvalue weighted by molar-refractivity contribution is -0.120. The summed E-state index contributed by atoms with van der Waals surface area (Å²) in [5.41, 5.74) is 6.38. The molecule has 11 heteroatoms. The van der Waals surface area contributed by atoms with Crippen molar-refractivity contribution in [2.24, 2.45) is 17.6 Å². The van der Waals surface area contributed by atoms with Crippen molar-refractivity contribution in [3.05, 3.63) is 58.5 Å². The molecule has 1 heterocycles. The number of aliphatic hydroxyl groups is 1. The second-order valence-electron chi connectivity index (χ2n) is 10.1. The van der Waals surface area contributed by atoms with E-state index >= 15 is 0 Å². The number of rotatable bonds is 5. The summed E-state index contributed by atoms with van der Waals surface area (Å²) in [5, 5.41) is 15.6. The van der Waals surface area contributed by atoms with Gasteiger partial charge in [0.2, 0.25) is 11.6 Å². The van der Waals surface area contributed by atoms with Crippen molar-refractivity contribution in [2.45, 2.75) is 58.3 Å². The van der Waals surface area contributed by atoms with E-state index in [1.807, 2.05) is 13.8 Å². The van der Waals surface area contributed by atoms with E-state index in [-0.39, 0.29) is 34.9 Å². The van der Waals surface area contributed by atoms with Gasteiger partial charge in [0.25, 0.3) is 5.91 Å². The Morgan fingerprint density at radius 3 is 2.45 bits per heavy atom. The number of primary amides is 1. The molecule has 5 atom stereocenters. The summed E-state index contributed by atoms with van der Waals surface area (Å²) < 4.78 is 16.6. The van der Waals surface area contributed by atoms with Crippen LogP contribution in [0.2, 0.25) is 0 Å². The highest BCUT2D eigenvalue weighted by molar-refractivity contribution is 6.23. The molecular weight excluding hydrogens is 518 g/mol. The van der Waals surface area contributed by atoms with Crippen LogP contribution >= 0.6 is 0 Å². The third kappa shape index (κ3) is 8.73. The first-order valence-electron chi connectivity index (χ1n) is 13.2. The minimum absolute atomic E-state index is 0.0553. The molecule has 220 valence electrons. The highest BCUT2D eigenvalue weighted by atomic mass is 16.6. The van der Waals surface area contributed by atoms with E-state index in [1.54, 1.807) is 33.2 Å². The van der Waals surface area contributed by atoms with Gasteiger partial charge in [-0.15, -0.1) is 0 Å². The number of ketones is 2. The Bertz CT molecular complexity index is 1130. The van der Waals surface area contributed by atoms with Crippen molar-refractivity contribution in [3.8, 4) is 0 Å². The van der Waals surface area contributed by atoms with E-state index in [0.29, 0.717) is 30.4 Å². The predicted molar refractivity (Wildman–Crippen MR) is 149 cm³/mol. The minimum Gasteiger partial charge on any atom is -0.439 e. The van der Waals surface area contributed by atoms with Gasteiger partial charge in [0, 0.05) is 38.5 Å². The van der Waals surface area contributed by atoms with Crippen molar-refractivity contribution >= 4 is 23.6 Å². The maximum absolute atomic E-state index is 13.4. The second kappa shape index (κ2) is 15.3. The van der Waals surface area contributed by atoms with Crippen LogP contribution in [-0.4, -0.2) is 74.9 Å². The molecule has 0 fully saturated rings. The van der Waals surface area contributed by atoms with Gasteiger partial charge in [-0.1, -0.05) is 38.2 Å². The Kier molecular flexibility index (Phi) is 12.5. The van der Waals surface area contributed by atoms with Crippen molar-refractivity contribution in [1.29, 1.82) is 0 Å². The van der Waals surface area contributed by atoms with Gasteiger partial charge in [-0.3, -0.25) is 14.4 Å². The predicted octanol–water partition coefficient (Wildman–Crippen LogP) is 1.98. The largest absolute Gasteiger partial charge is 0.439 e. The number of hydrogen-bond acceptors (Lipinski definition) is 9. The summed E-state index contributed by atoms with van der Waals surface area (Å²) in [4.78, 5) is 50.7. The Morgan fingerprint density at radius 2 is 1.88 bits per heavy atom. The zero-order chi connectivity index (χ0) is 30.0. The van der Waals surface area contributed by atoms with Crippen molar-refractivity contribution in [2.75, 3.05) is 27.9 Å². The van der Waals surface area contributed by atoms with Gasteiger partial charge in [-0.2, -0.15) is 0 Å². The van der Waals surface area contributed by atoms with Crippen molar-refractivity contribution in [1.82, 2.24) is 10.6 Å². The van der Waals surface area contributed by atoms with Gasteiger partial charge >= 0.3 is 6.09 Å². The van der Waals surface area contributed by atoms with Gasteiger partial charge in [0.1, 0.15) is 6.10 Å². The van der Waals surface area contributed by atoms with Crippen molar-refractivity contribution < 1.29 is 38.5 Å². The van der Waals surface area contributed by atoms with Crippen LogP contribution in [0, 0.1) is 11.8 Å². The lowest BCUT2D eigenvalue weighted by atomic mass is 9.86. The Labute approximate surface area is 235 Å². The Balaban J connectivity index is 2.58. The Morgan fingerprint density at radius 1 is 1.18 bits per heavy atom. The SMILES string of the molecule is CNC1=C2C[C@@H](C)C[C@H](OC)C[C@@H](C)/C=C(\CO)[C@H](OC(N)=O)[C@@H](OC)/C=C\C=C(/C)C(=O)NC(=CC1=O)C2=O. The van der Waals surface area contributed by atoms with Crippen LogP contribution in [0.3, 0.4) is 0 Å². The molecule has 1 aliphatic carbocycles. The average Bonchev–Trinajstić information content (AvgIpc) is 2.90. The number of aliphatic hydroxyl groups excluding tert-OH is 1. The highest BCUT2D eigenvalue weighted by Crippen LogP contribution is 2.28. The number of allylic oxidation sites excluding steroid dienone is 5. The van der Waals surface area contributed by atoms with E-state index in [9.17, 15) is 24.3 Å². The lowest BCUT2D eigenvalue weighted by Gasteiger charge is -2.27. The molecule has 0 aromatic carbocycles. The topological polar surface area (TPSA) is 166 Å². The number of nitrogens with one attached hydrogen (secondary N) is 2. The Hall–Kier alpha value is -3.54. The molecule has 0 saturated heterocycles. The average molecular weight is 560 g/mol. The normalized spacial score (nSPS) is 30.8. The van der Waals surface area contributed by atoms with Crippen LogP contribution in [0.4, 0.5) is 4.79 Å². The molecule has 0 unspecified atom stereocenters. The molecule has 0 saturated carbocycles. The van der Waals surface area contributed by atoms with Gasteiger partial charge in [0.15, 0.2) is 6.10 Å². The number of nitrogens with two attached hydrogens (primary N) is 1. The third-order valence-corrected chi connectivity index (χ3v) is 6.89. The minimum atomic E-state index is -1.03. The van der Waals surface area contributed by atoms with Gasteiger partial charge in [-0.05, 0) is 43.6 Å². The number of hydrogen-bond donors (Lipinski definition) is 4. The van der Waals surface area contributed by atoms with E-state index in [1.165, 1.54) is 19.3 Å².